The van der Waals surface area contributed by atoms with Gasteiger partial charge in [-0.1, -0.05) is 5.10 Å². The van der Waals surface area contributed by atoms with Gasteiger partial charge in [0.25, 0.3) is 17.1 Å². The molecule has 0 saturated heterocycles. The SMILES string of the molecule is O=[N+]([O-])c1ccc(OC2=CC(Oc3ccc([N+](=O)[O-])cc3)=NN(Oc3ccc([N+](=O)[O-])cc3)N2)cc1. The predicted molar refractivity (Wildman–Crippen MR) is 122 cm³/mol. The average Bonchev–Trinajstić information content (AvgIpc) is 2.85. The van der Waals surface area contributed by atoms with Crippen molar-refractivity contribution in [1.82, 2.24) is 10.7 Å². The molecular weight excluding hydrogens is 480 g/mol. The summed E-state index contributed by atoms with van der Waals surface area (Å²) in [6.45, 7) is 0. The number of ether oxygens (including phenoxy) is 2. The Morgan fingerprint density at radius 1 is 0.639 bits per heavy atom. The van der Waals surface area contributed by atoms with E-state index < -0.39 is 14.8 Å². The van der Waals surface area contributed by atoms with E-state index in [1.54, 1.807) is 0 Å². The zero-order valence-corrected chi connectivity index (χ0v) is 17.9. The summed E-state index contributed by atoms with van der Waals surface area (Å²) in [5.41, 5.74) is 2.30. The summed E-state index contributed by atoms with van der Waals surface area (Å²) in [6.07, 6.45) is 1.35. The molecule has 0 aliphatic carbocycles. The molecule has 0 unspecified atom stereocenters. The fraction of sp³-hybridized carbons (Fsp3) is 0. The molecule has 182 valence electrons. The van der Waals surface area contributed by atoms with Crippen molar-refractivity contribution in [2.24, 2.45) is 5.10 Å². The number of nitrogens with zero attached hydrogens (tertiary/aromatic N) is 5. The fourth-order valence-corrected chi connectivity index (χ4v) is 2.78. The Labute approximate surface area is 200 Å². The Hall–Kier alpha value is -5.73. The third kappa shape index (κ3) is 5.79. The van der Waals surface area contributed by atoms with Crippen LogP contribution in [0.2, 0.25) is 0 Å². The minimum Gasteiger partial charge on any atom is -0.439 e. The van der Waals surface area contributed by atoms with Crippen molar-refractivity contribution in [3.63, 3.8) is 0 Å². The van der Waals surface area contributed by atoms with Gasteiger partial charge < -0.3 is 14.3 Å². The number of hydrazine groups is 1. The molecule has 0 spiro atoms. The zero-order chi connectivity index (χ0) is 25.7. The molecular formula is C21H14N6O9. The molecule has 15 nitrogen and oxygen atoms in total. The third-order valence-electron chi connectivity index (χ3n) is 4.43. The smallest absolute Gasteiger partial charge is 0.269 e. The summed E-state index contributed by atoms with van der Waals surface area (Å²) in [5, 5.41) is 37.5. The van der Waals surface area contributed by atoms with Gasteiger partial charge in [0.2, 0.25) is 11.8 Å². The summed E-state index contributed by atoms with van der Waals surface area (Å²) in [6, 6.07) is 15.7. The second-order valence-corrected chi connectivity index (χ2v) is 6.88. The highest BCUT2D eigenvalue weighted by molar-refractivity contribution is 5.90. The first-order chi connectivity index (χ1) is 17.3. The molecule has 1 heterocycles. The van der Waals surface area contributed by atoms with Crippen molar-refractivity contribution in [2.45, 2.75) is 0 Å². The molecule has 0 saturated carbocycles. The van der Waals surface area contributed by atoms with Gasteiger partial charge in [0.15, 0.2) is 5.75 Å². The molecule has 0 radical (unpaired) electrons. The standard InChI is InChI=1S/C21H14N6O9/c28-24(29)14-1-7-17(8-2-14)34-20-13-21(35-18-9-3-15(4-10-18)25(30)31)23-27(22-20)36-19-11-5-16(6-12-19)26(32)33/h1-13,22H. The molecule has 1 N–H and O–H groups in total. The van der Waals surface area contributed by atoms with Gasteiger partial charge in [-0.2, -0.15) is 0 Å². The van der Waals surface area contributed by atoms with Crippen LogP contribution in [0.5, 0.6) is 17.2 Å². The highest BCUT2D eigenvalue weighted by Gasteiger charge is 2.19. The van der Waals surface area contributed by atoms with Crippen molar-refractivity contribution in [3.05, 3.63) is 115 Å². The number of hydrogen-bond acceptors (Lipinski definition) is 12. The summed E-state index contributed by atoms with van der Waals surface area (Å²) in [7, 11) is 0. The first-order valence-corrected chi connectivity index (χ1v) is 9.91. The summed E-state index contributed by atoms with van der Waals surface area (Å²) in [4.78, 5) is 36.5. The maximum absolute atomic E-state index is 10.9. The van der Waals surface area contributed by atoms with Gasteiger partial charge in [-0.05, 0) is 41.7 Å². The van der Waals surface area contributed by atoms with E-state index in [2.05, 4.69) is 10.5 Å². The van der Waals surface area contributed by atoms with Crippen LogP contribution < -0.4 is 19.7 Å². The van der Waals surface area contributed by atoms with Gasteiger partial charge in [-0.3, -0.25) is 30.3 Å². The summed E-state index contributed by atoms with van der Waals surface area (Å²) in [5.74, 6) is 0.635. The number of nitrogens with one attached hydrogen (secondary N) is 1. The summed E-state index contributed by atoms with van der Waals surface area (Å²) < 4.78 is 11.4. The first-order valence-electron chi connectivity index (χ1n) is 9.91. The van der Waals surface area contributed by atoms with Crippen molar-refractivity contribution in [3.8, 4) is 17.2 Å². The monoisotopic (exact) mass is 494 g/mol. The number of rotatable bonds is 8. The zero-order valence-electron chi connectivity index (χ0n) is 17.9. The van der Waals surface area contributed by atoms with Crippen LogP contribution in [0, 0.1) is 30.3 Å². The van der Waals surface area contributed by atoms with E-state index in [0.29, 0.717) is 0 Å². The second-order valence-electron chi connectivity index (χ2n) is 6.88. The maximum atomic E-state index is 10.9. The molecule has 0 atom stereocenters. The van der Waals surface area contributed by atoms with Crippen molar-refractivity contribution < 1.29 is 29.1 Å². The number of nitro groups is 3. The first kappa shape index (κ1) is 23.4. The Morgan fingerprint density at radius 3 is 1.50 bits per heavy atom. The summed E-state index contributed by atoms with van der Waals surface area (Å²) >= 11 is 0. The third-order valence-corrected chi connectivity index (χ3v) is 4.43. The molecule has 4 rings (SSSR count). The molecule has 0 aromatic heterocycles. The van der Waals surface area contributed by atoms with Crippen molar-refractivity contribution in [1.29, 1.82) is 0 Å². The fourth-order valence-electron chi connectivity index (χ4n) is 2.78. The van der Waals surface area contributed by atoms with Gasteiger partial charge in [-0.15, -0.1) is 0 Å². The van der Waals surface area contributed by atoms with Crippen LogP contribution in [0.25, 0.3) is 0 Å². The highest BCUT2D eigenvalue weighted by Crippen LogP contribution is 2.23. The van der Waals surface area contributed by atoms with Gasteiger partial charge in [0.05, 0.1) is 20.8 Å². The van der Waals surface area contributed by atoms with Crippen LogP contribution in [0.15, 0.2) is 89.9 Å². The molecule has 0 amide bonds. The van der Waals surface area contributed by atoms with Gasteiger partial charge in [0, 0.05) is 36.4 Å². The van der Waals surface area contributed by atoms with Crippen LogP contribution in [-0.2, 0) is 0 Å². The second kappa shape index (κ2) is 10.0. The lowest BCUT2D eigenvalue weighted by atomic mass is 10.3. The number of hydrazone groups is 1. The minimum atomic E-state index is -0.559. The van der Waals surface area contributed by atoms with E-state index in [0.717, 1.165) is 5.28 Å². The van der Waals surface area contributed by atoms with E-state index in [-0.39, 0.29) is 46.1 Å². The Balaban J connectivity index is 1.55. The van der Waals surface area contributed by atoms with Crippen LogP contribution in [0.1, 0.15) is 0 Å². The van der Waals surface area contributed by atoms with E-state index in [9.17, 15) is 30.3 Å². The molecule has 3 aromatic rings. The van der Waals surface area contributed by atoms with E-state index >= 15 is 0 Å². The Kier molecular flexibility index (Phi) is 6.53. The lowest BCUT2D eigenvalue weighted by Gasteiger charge is -2.25. The number of nitro benzene ring substituents is 3. The van der Waals surface area contributed by atoms with E-state index in [1.165, 1.54) is 78.9 Å². The average molecular weight is 494 g/mol. The molecule has 1 aliphatic rings. The van der Waals surface area contributed by atoms with E-state index in [4.69, 9.17) is 14.3 Å². The van der Waals surface area contributed by atoms with Gasteiger partial charge >= 0.3 is 0 Å². The van der Waals surface area contributed by atoms with Crippen molar-refractivity contribution >= 4 is 23.0 Å². The van der Waals surface area contributed by atoms with Gasteiger partial charge in [0.1, 0.15) is 11.5 Å². The lowest BCUT2D eigenvalue weighted by Crippen LogP contribution is -2.42. The minimum absolute atomic E-state index is 0.0395. The molecule has 0 fully saturated rings. The quantitative estimate of drug-likeness (QED) is 0.354. The van der Waals surface area contributed by atoms with Crippen LogP contribution in [-0.4, -0.2) is 25.9 Å². The Bertz CT molecular complexity index is 1360. The lowest BCUT2D eigenvalue weighted by molar-refractivity contribution is -0.385. The maximum Gasteiger partial charge on any atom is 0.269 e. The largest absolute Gasteiger partial charge is 0.439 e. The van der Waals surface area contributed by atoms with Crippen LogP contribution in [0.3, 0.4) is 0 Å². The normalized spacial score (nSPS) is 12.5. The predicted octanol–water partition coefficient (Wildman–Crippen LogP) is 3.84. The topological polar surface area (TPSA) is 185 Å². The Morgan fingerprint density at radius 2 is 1.06 bits per heavy atom. The number of hydrogen-bond donors (Lipinski definition) is 1. The van der Waals surface area contributed by atoms with E-state index in [1.807, 2.05) is 0 Å². The molecule has 0 bridgehead atoms. The number of benzene rings is 3. The number of non-ortho nitro benzene ring substituents is 3. The van der Waals surface area contributed by atoms with Crippen LogP contribution >= 0.6 is 0 Å². The molecule has 1 aliphatic heterocycles. The molecule has 36 heavy (non-hydrogen) atoms. The molecule has 3 aromatic carbocycles. The highest BCUT2D eigenvalue weighted by atomic mass is 16.7. The molecule has 15 heteroatoms. The van der Waals surface area contributed by atoms with Crippen molar-refractivity contribution in [2.75, 3.05) is 0 Å². The van der Waals surface area contributed by atoms with Gasteiger partial charge in [-0.25, -0.2) is 5.43 Å². The van der Waals surface area contributed by atoms with Crippen LogP contribution in [0.4, 0.5) is 17.1 Å².